The minimum Gasteiger partial charge on any atom is -0.391 e. The minimum absolute atomic E-state index is 0.0697. The Kier molecular flexibility index (Phi) is 6.71. The third kappa shape index (κ3) is 5.08. The van der Waals surface area contributed by atoms with Gasteiger partial charge in [-0.25, -0.2) is 28.1 Å². The third-order valence-corrected chi connectivity index (χ3v) is 5.65. The summed E-state index contributed by atoms with van der Waals surface area (Å²) in [5, 5.41) is 13.8. The number of benzene rings is 1. The Labute approximate surface area is 178 Å². The molecule has 0 unspecified atom stereocenters. The van der Waals surface area contributed by atoms with Crippen LogP contribution in [0.5, 0.6) is 0 Å². The number of aromatic nitrogens is 5. The number of likely N-dealkylation sites (N-methyl/N-ethyl adjacent to an activating group) is 1. The van der Waals surface area contributed by atoms with Gasteiger partial charge in [0, 0.05) is 17.5 Å². The molecule has 0 aliphatic heterocycles. The first-order valence-corrected chi connectivity index (χ1v) is 9.85. The van der Waals surface area contributed by atoms with E-state index in [0.717, 1.165) is 18.5 Å². The SMILES string of the molecule is C[C@H](c1ncc(F)cn1)[C@](Cn1cncn1)(C[N+](C)(C)CCO)c1ccc(F)cc1F. The minimum atomic E-state index is -1.03. The van der Waals surface area contributed by atoms with Gasteiger partial charge in [0.15, 0.2) is 5.82 Å². The van der Waals surface area contributed by atoms with Crippen LogP contribution in [0.4, 0.5) is 13.2 Å². The van der Waals surface area contributed by atoms with Gasteiger partial charge in [-0.15, -0.1) is 0 Å². The van der Waals surface area contributed by atoms with Gasteiger partial charge in [-0.3, -0.25) is 4.68 Å². The molecule has 166 valence electrons. The van der Waals surface area contributed by atoms with E-state index in [1.807, 2.05) is 21.0 Å². The van der Waals surface area contributed by atoms with Crippen LogP contribution in [-0.2, 0) is 12.0 Å². The second-order valence-corrected chi connectivity index (χ2v) is 8.40. The first-order chi connectivity index (χ1) is 14.7. The largest absolute Gasteiger partial charge is 0.391 e. The number of halogens is 3. The van der Waals surface area contributed by atoms with Crippen molar-refractivity contribution in [2.45, 2.75) is 24.8 Å². The van der Waals surface area contributed by atoms with Crippen molar-refractivity contribution in [3.63, 3.8) is 0 Å². The fraction of sp³-hybridized carbons (Fsp3) is 0.429. The first-order valence-electron chi connectivity index (χ1n) is 9.85. The lowest BCUT2D eigenvalue weighted by molar-refractivity contribution is -0.895. The van der Waals surface area contributed by atoms with E-state index in [2.05, 4.69) is 20.1 Å². The highest BCUT2D eigenvalue weighted by molar-refractivity contribution is 5.32. The van der Waals surface area contributed by atoms with E-state index in [9.17, 15) is 13.9 Å². The van der Waals surface area contributed by atoms with Crippen molar-refractivity contribution in [2.24, 2.45) is 0 Å². The highest BCUT2D eigenvalue weighted by Gasteiger charge is 2.47. The molecule has 10 heteroatoms. The Morgan fingerprint density at radius 3 is 2.42 bits per heavy atom. The van der Waals surface area contributed by atoms with Crippen LogP contribution < -0.4 is 0 Å². The molecule has 0 amide bonds. The van der Waals surface area contributed by atoms with Crippen molar-refractivity contribution in [3.05, 3.63) is 72.1 Å². The summed E-state index contributed by atoms with van der Waals surface area (Å²) in [7, 11) is 3.82. The molecule has 0 aliphatic carbocycles. The normalized spacial score (nSPS) is 14.9. The van der Waals surface area contributed by atoms with E-state index in [0.29, 0.717) is 23.4 Å². The lowest BCUT2D eigenvalue weighted by Crippen LogP contribution is -2.55. The maximum atomic E-state index is 15.2. The number of aliphatic hydroxyl groups is 1. The maximum absolute atomic E-state index is 15.2. The summed E-state index contributed by atoms with van der Waals surface area (Å²) < 4.78 is 44.4. The number of quaternary nitrogens is 1. The molecule has 0 saturated carbocycles. The van der Waals surface area contributed by atoms with Gasteiger partial charge < -0.3 is 9.59 Å². The molecule has 0 bridgehead atoms. The van der Waals surface area contributed by atoms with Crippen LogP contribution in [0.3, 0.4) is 0 Å². The fourth-order valence-electron chi connectivity index (χ4n) is 4.13. The van der Waals surface area contributed by atoms with Gasteiger partial charge in [0.25, 0.3) is 0 Å². The van der Waals surface area contributed by atoms with Crippen LogP contribution in [-0.4, -0.2) is 68.1 Å². The van der Waals surface area contributed by atoms with E-state index in [4.69, 9.17) is 0 Å². The van der Waals surface area contributed by atoms with Crippen LogP contribution in [0, 0.1) is 17.5 Å². The van der Waals surface area contributed by atoms with E-state index in [-0.39, 0.29) is 18.7 Å². The summed E-state index contributed by atoms with van der Waals surface area (Å²) in [4.78, 5) is 12.3. The van der Waals surface area contributed by atoms with Crippen molar-refractivity contribution < 1.29 is 22.8 Å². The predicted molar refractivity (Wildman–Crippen MR) is 107 cm³/mol. The molecule has 0 saturated heterocycles. The monoisotopic (exact) mass is 435 g/mol. The molecule has 1 N–H and O–H groups in total. The Bertz CT molecular complexity index is 997. The summed E-state index contributed by atoms with van der Waals surface area (Å²) in [6.07, 6.45) is 5.01. The zero-order valence-electron chi connectivity index (χ0n) is 17.7. The van der Waals surface area contributed by atoms with Crippen molar-refractivity contribution in [3.8, 4) is 0 Å². The van der Waals surface area contributed by atoms with Crippen molar-refractivity contribution >= 4 is 0 Å². The molecular weight excluding hydrogens is 409 g/mol. The maximum Gasteiger partial charge on any atom is 0.159 e. The van der Waals surface area contributed by atoms with Gasteiger partial charge in [0.1, 0.15) is 36.7 Å². The molecule has 2 aromatic heterocycles. The van der Waals surface area contributed by atoms with Gasteiger partial charge in [-0.1, -0.05) is 13.0 Å². The van der Waals surface area contributed by atoms with Gasteiger partial charge in [0.2, 0.25) is 0 Å². The van der Waals surface area contributed by atoms with Gasteiger partial charge >= 0.3 is 0 Å². The molecule has 0 radical (unpaired) electrons. The first kappa shape index (κ1) is 22.8. The lowest BCUT2D eigenvalue weighted by Gasteiger charge is -2.44. The third-order valence-electron chi connectivity index (χ3n) is 5.65. The molecule has 7 nitrogen and oxygen atoms in total. The number of hydrogen-bond donors (Lipinski definition) is 1. The second kappa shape index (κ2) is 9.11. The average Bonchev–Trinajstić information content (AvgIpc) is 3.20. The average molecular weight is 435 g/mol. The van der Waals surface area contributed by atoms with E-state index < -0.39 is 28.8 Å². The van der Waals surface area contributed by atoms with Gasteiger partial charge in [-0.05, 0) is 6.07 Å². The zero-order valence-corrected chi connectivity index (χ0v) is 17.7. The van der Waals surface area contributed by atoms with Crippen molar-refractivity contribution in [2.75, 3.05) is 33.8 Å². The van der Waals surface area contributed by atoms with E-state index in [1.54, 1.807) is 4.68 Å². The van der Waals surface area contributed by atoms with Crippen LogP contribution in [0.2, 0.25) is 0 Å². The van der Waals surface area contributed by atoms with Crippen LogP contribution >= 0.6 is 0 Å². The van der Waals surface area contributed by atoms with E-state index >= 15 is 4.39 Å². The number of hydrogen-bond acceptors (Lipinski definition) is 5. The van der Waals surface area contributed by atoms with Crippen molar-refractivity contribution in [1.82, 2.24) is 24.7 Å². The summed E-state index contributed by atoms with van der Waals surface area (Å²) in [5.41, 5.74) is -0.768. The standard InChI is InChI=1S/C21H26F3N6O/c1-15(20-26-9-17(23)10-27-20)21(11-29-14-25-13-28-29,12-30(2,3)6-7-31)18-5-4-16(22)8-19(18)24/h4-5,8-10,13-15,31H,6-7,11-12H2,1-3H3/q+1/t15-,21+/m1/s1. The summed E-state index contributed by atoms with van der Waals surface area (Å²) in [6, 6.07) is 3.47. The molecule has 0 fully saturated rings. The quantitative estimate of drug-likeness (QED) is 0.522. The molecule has 3 aromatic rings. The highest BCUT2D eigenvalue weighted by atomic mass is 19.1. The van der Waals surface area contributed by atoms with Crippen LogP contribution in [0.15, 0.2) is 43.2 Å². The van der Waals surface area contributed by atoms with E-state index in [1.165, 1.54) is 24.8 Å². The van der Waals surface area contributed by atoms with Crippen LogP contribution in [0.1, 0.15) is 24.2 Å². The summed E-state index contributed by atoms with van der Waals surface area (Å²) in [6.45, 7) is 2.67. The number of nitrogens with zero attached hydrogens (tertiary/aromatic N) is 6. The topological polar surface area (TPSA) is 76.7 Å². The van der Waals surface area contributed by atoms with Gasteiger partial charge in [-0.2, -0.15) is 5.10 Å². The molecule has 2 atom stereocenters. The molecule has 0 spiro atoms. The predicted octanol–water partition coefficient (Wildman–Crippen LogP) is 2.30. The fourth-order valence-corrected chi connectivity index (χ4v) is 4.13. The Morgan fingerprint density at radius 2 is 1.84 bits per heavy atom. The molecule has 2 heterocycles. The molecule has 0 aliphatic rings. The Hall–Kier alpha value is -2.85. The number of aliphatic hydroxyl groups excluding tert-OH is 1. The highest BCUT2D eigenvalue weighted by Crippen LogP contribution is 2.42. The smallest absolute Gasteiger partial charge is 0.159 e. The molecular formula is C21H26F3N6O+. The zero-order chi connectivity index (χ0) is 22.6. The van der Waals surface area contributed by atoms with Gasteiger partial charge in [0.05, 0.1) is 51.6 Å². The number of rotatable bonds is 9. The molecule has 1 aromatic carbocycles. The summed E-state index contributed by atoms with van der Waals surface area (Å²) >= 11 is 0. The molecule has 31 heavy (non-hydrogen) atoms. The second-order valence-electron chi connectivity index (χ2n) is 8.40. The lowest BCUT2D eigenvalue weighted by atomic mass is 9.69. The van der Waals surface area contributed by atoms with Crippen molar-refractivity contribution in [1.29, 1.82) is 0 Å². The Balaban J connectivity index is 2.24. The Morgan fingerprint density at radius 1 is 1.13 bits per heavy atom. The van der Waals surface area contributed by atoms with Crippen LogP contribution in [0.25, 0.3) is 0 Å². The summed E-state index contributed by atoms with van der Waals surface area (Å²) in [5.74, 6) is -2.19. The molecule has 3 rings (SSSR count).